The molecule has 3 heteroatoms. The smallest absolute Gasteiger partial charge is 0.323 e. The molecule has 0 bridgehead atoms. The third-order valence-corrected chi connectivity index (χ3v) is 2.53. The Morgan fingerprint density at radius 3 is 2.06 bits per heavy atom. The first-order chi connectivity index (χ1) is 7.51. The first kappa shape index (κ1) is 15.4. The Hall–Kier alpha value is -0.570. The van der Waals surface area contributed by atoms with E-state index in [0.29, 0.717) is 12.3 Å². The van der Waals surface area contributed by atoms with Crippen LogP contribution < -0.4 is 5.73 Å². The number of esters is 1. The second kappa shape index (κ2) is 8.57. The van der Waals surface area contributed by atoms with Gasteiger partial charge in [-0.2, -0.15) is 0 Å². The van der Waals surface area contributed by atoms with E-state index in [1.165, 1.54) is 0 Å². The largest absolute Gasteiger partial charge is 0.461 e. The molecule has 0 saturated carbocycles. The summed E-state index contributed by atoms with van der Waals surface area (Å²) in [5.41, 5.74) is 5.78. The SMILES string of the molecule is CCCC(CCC)OC(=O)C(N)CC(C)C. The van der Waals surface area contributed by atoms with E-state index in [-0.39, 0.29) is 12.1 Å². The molecular weight excluding hydrogens is 202 g/mol. The number of hydrogen-bond acceptors (Lipinski definition) is 3. The molecule has 0 aromatic heterocycles. The molecule has 0 radical (unpaired) electrons. The number of carbonyl (C=O) groups is 1. The monoisotopic (exact) mass is 229 g/mol. The second-order valence-electron chi connectivity index (χ2n) is 4.87. The van der Waals surface area contributed by atoms with E-state index >= 15 is 0 Å². The van der Waals surface area contributed by atoms with Gasteiger partial charge in [-0.3, -0.25) is 4.79 Å². The lowest BCUT2D eigenvalue weighted by Crippen LogP contribution is -2.36. The molecule has 2 N–H and O–H groups in total. The van der Waals surface area contributed by atoms with Crippen molar-refractivity contribution in [3.63, 3.8) is 0 Å². The number of rotatable bonds is 8. The summed E-state index contributed by atoms with van der Waals surface area (Å²) in [4.78, 5) is 11.7. The maximum Gasteiger partial charge on any atom is 0.323 e. The summed E-state index contributed by atoms with van der Waals surface area (Å²) in [5.74, 6) is 0.193. The van der Waals surface area contributed by atoms with Crippen LogP contribution in [0.5, 0.6) is 0 Å². The highest BCUT2D eigenvalue weighted by Gasteiger charge is 2.20. The van der Waals surface area contributed by atoms with Gasteiger partial charge in [-0.25, -0.2) is 0 Å². The molecule has 0 aliphatic carbocycles. The fourth-order valence-electron chi connectivity index (χ4n) is 1.76. The predicted molar refractivity (Wildman–Crippen MR) is 67.1 cm³/mol. The number of hydrogen-bond donors (Lipinski definition) is 1. The van der Waals surface area contributed by atoms with E-state index in [1.54, 1.807) is 0 Å². The summed E-state index contributed by atoms with van der Waals surface area (Å²) in [6.45, 7) is 8.32. The van der Waals surface area contributed by atoms with Crippen LogP contribution in [0, 0.1) is 5.92 Å². The van der Waals surface area contributed by atoms with Crippen molar-refractivity contribution < 1.29 is 9.53 Å². The van der Waals surface area contributed by atoms with Crippen molar-refractivity contribution in [1.82, 2.24) is 0 Å². The molecule has 0 heterocycles. The van der Waals surface area contributed by atoms with Gasteiger partial charge in [0.1, 0.15) is 12.1 Å². The molecule has 0 aliphatic rings. The van der Waals surface area contributed by atoms with Gasteiger partial charge < -0.3 is 10.5 Å². The molecular formula is C13H27NO2. The van der Waals surface area contributed by atoms with E-state index in [9.17, 15) is 4.79 Å². The Labute approximate surface area is 99.7 Å². The van der Waals surface area contributed by atoms with Gasteiger partial charge in [0.2, 0.25) is 0 Å². The lowest BCUT2D eigenvalue weighted by atomic mass is 10.0. The van der Waals surface area contributed by atoms with Crippen LogP contribution in [0.25, 0.3) is 0 Å². The van der Waals surface area contributed by atoms with Crippen molar-refractivity contribution in [1.29, 1.82) is 0 Å². The van der Waals surface area contributed by atoms with Gasteiger partial charge in [-0.15, -0.1) is 0 Å². The molecule has 0 fully saturated rings. The van der Waals surface area contributed by atoms with Crippen LogP contribution in [0.4, 0.5) is 0 Å². The van der Waals surface area contributed by atoms with E-state index in [4.69, 9.17) is 10.5 Å². The number of ether oxygens (including phenoxy) is 1. The average Bonchev–Trinajstić information content (AvgIpc) is 2.17. The number of carbonyl (C=O) groups excluding carboxylic acids is 1. The van der Waals surface area contributed by atoms with Gasteiger partial charge in [0.25, 0.3) is 0 Å². The van der Waals surface area contributed by atoms with E-state index < -0.39 is 6.04 Å². The predicted octanol–water partition coefficient (Wildman–Crippen LogP) is 2.87. The molecule has 0 amide bonds. The van der Waals surface area contributed by atoms with Crippen LogP contribution >= 0.6 is 0 Å². The highest BCUT2D eigenvalue weighted by molar-refractivity contribution is 5.75. The van der Waals surface area contributed by atoms with Crippen LogP contribution in [-0.2, 0) is 9.53 Å². The van der Waals surface area contributed by atoms with E-state index in [1.807, 2.05) is 0 Å². The van der Waals surface area contributed by atoms with Crippen molar-refractivity contribution in [3.05, 3.63) is 0 Å². The third kappa shape index (κ3) is 6.83. The van der Waals surface area contributed by atoms with Gasteiger partial charge >= 0.3 is 5.97 Å². The third-order valence-electron chi connectivity index (χ3n) is 2.53. The molecule has 0 aliphatic heterocycles. The van der Waals surface area contributed by atoms with Crippen LogP contribution in [0.3, 0.4) is 0 Å². The Bertz CT molecular complexity index is 186. The minimum Gasteiger partial charge on any atom is -0.461 e. The molecule has 16 heavy (non-hydrogen) atoms. The van der Waals surface area contributed by atoms with Gasteiger partial charge in [0.05, 0.1) is 0 Å². The van der Waals surface area contributed by atoms with Crippen LogP contribution in [0.2, 0.25) is 0 Å². The van der Waals surface area contributed by atoms with Crippen LogP contribution in [-0.4, -0.2) is 18.1 Å². The summed E-state index contributed by atoms with van der Waals surface area (Å²) in [6.07, 6.45) is 4.71. The highest BCUT2D eigenvalue weighted by Crippen LogP contribution is 2.12. The summed E-state index contributed by atoms with van der Waals surface area (Å²) in [6, 6.07) is -0.462. The highest BCUT2D eigenvalue weighted by atomic mass is 16.5. The van der Waals surface area contributed by atoms with Crippen molar-refractivity contribution in [2.45, 2.75) is 71.9 Å². The zero-order valence-corrected chi connectivity index (χ0v) is 11.2. The fraction of sp³-hybridized carbons (Fsp3) is 0.923. The van der Waals surface area contributed by atoms with Gasteiger partial charge in [-0.1, -0.05) is 40.5 Å². The van der Waals surface area contributed by atoms with Crippen molar-refractivity contribution in [2.24, 2.45) is 11.7 Å². The maximum absolute atomic E-state index is 11.7. The van der Waals surface area contributed by atoms with Crippen LogP contribution in [0.1, 0.15) is 59.8 Å². The molecule has 0 aromatic rings. The van der Waals surface area contributed by atoms with Gasteiger partial charge in [-0.05, 0) is 25.2 Å². The molecule has 96 valence electrons. The molecule has 3 nitrogen and oxygen atoms in total. The lowest BCUT2D eigenvalue weighted by molar-refractivity contribution is -0.151. The fourth-order valence-corrected chi connectivity index (χ4v) is 1.76. The Morgan fingerprint density at radius 1 is 1.19 bits per heavy atom. The summed E-state index contributed by atoms with van der Waals surface area (Å²) in [7, 11) is 0. The Kier molecular flexibility index (Phi) is 8.26. The molecule has 0 aromatic carbocycles. The summed E-state index contributed by atoms with van der Waals surface area (Å²) in [5, 5.41) is 0. The van der Waals surface area contributed by atoms with E-state index in [2.05, 4.69) is 27.7 Å². The van der Waals surface area contributed by atoms with Crippen molar-refractivity contribution >= 4 is 5.97 Å². The zero-order valence-electron chi connectivity index (χ0n) is 11.2. The first-order valence-electron chi connectivity index (χ1n) is 6.47. The number of nitrogens with two attached hydrogens (primary N) is 1. The Morgan fingerprint density at radius 2 is 1.69 bits per heavy atom. The quantitative estimate of drug-likeness (QED) is 0.651. The molecule has 1 unspecified atom stereocenters. The average molecular weight is 229 g/mol. The topological polar surface area (TPSA) is 52.3 Å². The zero-order chi connectivity index (χ0) is 12.6. The summed E-state index contributed by atoms with van der Waals surface area (Å²) < 4.78 is 5.43. The second-order valence-corrected chi connectivity index (χ2v) is 4.87. The van der Waals surface area contributed by atoms with Crippen molar-refractivity contribution in [3.8, 4) is 0 Å². The van der Waals surface area contributed by atoms with Crippen LogP contribution in [0.15, 0.2) is 0 Å². The molecule has 0 saturated heterocycles. The summed E-state index contributed by atoms with van der Waals surface area (Å²) >= 11 is 0. The normalized spacial score (nSPS) is 13.2. The van der Waals surface area contributed by atoms with Gasteiger partial charge in [0.15, 0.2) is 0 Å². The lowest BCUT2D eigenvalue weighted by Gasteiger charge is -2.20. The first-order valence-corrected chi connectivity index (χ1v) is 6.47. The Balaban J connectivity index is 4.06. The molecule has 0 rings (SSSR count). The molecule has 1 atom stereocenters. The standard InChI is InChI=1S/C13H27NO2/c1-5-7-11(8-6-2)16-13(15)12(14)9-10(3)4/h10-12H,5-9,14H2,1-4H3. The maximum atomic E-state index is 11.7. The van der Waals surface area contributed by atoms with Crippen molar-refractivity contribution in [2.75, 3.05) is 0 Å². The molecule has 0 spiro atoms. The minimum absolute atomic E-state index is 0.0562. The van der Waals surface area contributed by atoms with Gasteiger partial charge in [0, 0.05) is 0 Å². The minimum atomic E-state index is -0.462. The van der Waals surface area contributed by atoms with E-state index in [0.717, 1.165) is 25.7 Å².